The zero-order valence-electron chi connectivity index (χ0n) is 20.3. The van der Waals surface area contributed by atoms with E-state index in [9.17, 15) is 18.0 Å². The first kappa shape index (κ1) is 25.2. The molecule has 2 heterocycles. The Kier molecular flexibility index (Phi) is 7.76. The van der Waals surface area contributed by atoms with Crippen LogP contribution in [0.2, 0.25) is 0 Å². The minimum Gasteiger partial charge on any atom is -0.497 e. The number of amides is 2. The number of rotatable bonds is 7. The van der Waals surface area contributed by atoms with Gasteiger partial charge in [-0.15, -0.1) is 0 Å². The summed E-state index contributed by atoms with van der Waals surface area (Å²) in [5.41, 5.74) is 1.39. The Morgan fingerprint density at radius 3 is 2.20 bits per heavy atom. The number of carbonyl (C=O) groups is 2. The van der Waals surface area contributed by atoms with Gasteiger partial charge in [-0.3, -0.25) is 9.59 Å². The molecule has 2 amide bonds. The lowest BCUT2D eigenvalue weighted by Crippen LogP contribution is -2.54. The third-order valence-corrected chi connectivity index (χ3v) is 8.94. The van der Waals surface area contributed by atoms with E-state index in [0.29, 0.717) is 50.3 Å². The maximum atomic E-state index is 13.4. The lowest BCUT2D eigenvalue weighted by molar-refractivity contribution is -0.133. The van der Waals surface area contributed by atoms with Gasteiger partial charge in [-0.05, 0) is 74.4 Å². The maximum Gasteiger partial charge on any atom is 0.252 e. The molecule has 8 nitrogen and oxygen atoms in total. The highest BCUT2D eigenvalue weighted by Gasteiger charge is 2.38. The number of ether oxygens (including phenoxy) is 1. The van der Waals surface area contributed by atoms with Crippen molar-refractivity contribution in [3.05, 3.63) is 59.7 Å². The largest absolute Gasteiger partial charge is 0.497 e. The number of carbonyl (C=O) groups excluding carboxylic acids is 2. The van der Waals surface area contributed by atoms with Crippen LogP contribution in [0.5, 0.6) is 5.75 Å². The van der Waals surface area contributed by atoms with E-state index in [1.165, 1.54) is 11.4 Å². The second-order valence-corrected chi connectivity index (χ2v) is 11.2. The van der Waals surface area contributed by atoms with Crippen LogP contribution in [0.4, 0.5) is 0 Å². The van der Waals surface area contributed by atoms with Crippen molar-refractivity contribution in [3.63, 3.8) is 0 Å². The molecular formula is C26H33N3O5S. The Morgan fingerprint density at radius 1 is 0.971 bits per heavy atom. The molecule has 0 aliphatic carbocycles. The molecule has 2 saturated heterocycles. The first-order valence-corrected chi connectivity index (χ1v) is 13.5. The number of hydrogen-bond donors (Lipinski definition) is 1. The fourth-order valence-electron chi connectivity index (χ4n) is 4.91. The van der Waals surface area contributed by atoms with Crippen LogP contribution in [-0.4, -0.2) is 68.8 Å². The third kappa shape index (κ3) is 5.51. The molecule has 0 saturated carbocycles. The summed E-state index contributed by atoms with van der Waals surface area (Å²) in [5.74, 6) is 0.114. The summed E-state index contributed by atoms with van der Waals surface area (Å²) in [6.07, 6.45) is 2.91. The molecule has 2 aliphatic heterocycles. The van der Waals surface area contributed by atoms with Crippen molar-refractivity contribution in [2.45, 2.75) is 43.5 Å². The summed E-state index contributed by atoms with van der Waals surface area (Å²) in [6, 6.07) is 13.0. The number of likely N-dealkylation sites (tertiary alicyclic amines) is 1. The van der Waals surface area contributed by atoms with Gasteiger partial charge >= 0.3 is 0 Å². The SMILES string of the molecule is COc1ccc(S(=O)(=O)N2CCC([C@H](NC(=O)c3ccccc3C)C(=O)N3CCCC3)CC2)cc1. The molecule has 0 bridgehead atoms. The average Bonchev–Trinajstić information content (AvgIpc) is 3.42. The van der Waals surface area contributed by atoms with Gasteiger partial charge in [-0.25, -0.2) is 8.42 Å². The van der Waals surface area contributed by atoms with E-state index in [1.54, 1.807) is 30.3 Å². The summed E-state index contributed by atoms with van der Waals surface area (Å²) in [7, 11) is -2.11. The summed E-state index contributed by atoms with van der Waals surface area (Å²) in [5, 5.41) is 3.01. The molecule has 0 unspecified atom stereocenters. The molecule has 0 spiro atoms. The zero-order valence-corrected chi connectivity index (χ0v) is 21.1. The highest BCUT2D eigenvalue weighted by atomic mass is 32.2. The summed E-state index contributed by atoms with van der Waals surface area (Å²) in [4.78, 5) is 28.6. The highest BCUT2D eigenvalue weighted by molar-refractivity contribution is 7.89. The van der Waals surface area contributed by atoms with Gasteiger partial charge in [0.05, 0.1) is 12.0 Å². The lowest BCUT2D eigenvalue weighted by Gasteiger charge is -2.36. The van der Waals surface area contributed by atoms with Crippen molar-refractivity contribution in [2.75, 3.05) is 33.3 Å². The van der Waals surface area contributed by atoms with Gasteiger partial charge in [0.1, 0.15) is 11.8 Å². The number of piperidine rings is 1. The van der Waals surface area contributed by atoms with E-state index >= 15 is 0 Å². The lowest BCUT2D eigenvalue weighted by atomic mass is 9.89. The number of sulfonamides is 1. The number of hydrogen-bond acceptors (Lipinski definition) is 5. The first-order chi connectivity index (χ1) is 16.8. The van der Waals surface area contributed by atoms with Crippen molar-refractivity contribution >= 4 is 21.8 Å². The summed E-state index contributed by atoms with van der Waals surface area (Å²) >= 11 is 0. The fraction of sp³-hybridized carbons (Fsp3) is 0.462. The molecule has 4 rings (SSSR count). The molecule has 0 radical (unpaired) electrons. The van der Waals surface area contributed by atoms with Crippen LogP contribution in [0.3, 0.4) is 0 Å². The monoisotopic (exact) mass is 499 g/mol. The molecular weight excluding hydrogens is 466 g/mol. The fourth-order valence-corrected chi connectivity index (χ4v) is 6.38. The zero-order chi connectivity index (χ0) is 25.0. The first-order valence-electron chi connectivity index (χ1n) is 12.1. The molecule has 2 aromatic rings. The number of nitrogens with zero attached hydrogens (tertiary/aromatic N) is 2. The molecule has 188 valence electrons. The van der Waals surface area contributed by atoms with Crippen molar-refractivity contribution in [3.8, 4) is 5.75 Å². The third-order valence-electron chi connectivity index (χ3n) is 7.03. The van der Waals surface area contributed by atoms with Gasteiger partial charge in [0.25, 0.3) is 5.91 Å². The van der Waals surface area contributed by atoms with Crippen LogP contribution in [0, 0.1) is 12.8 Å². The molecule has 2 aliphatic rings. The Labute approximate surface area is 207 Å². The molecule has 1 N–H and O–H groups in total. The number of methoxy groups -OCH3 is 1. The molecule has 35 heavy (non-hydrogen) atoms. The van der Waals surface area contributed by atoms with E-state index in [4.69, 9.17) is 4.74 Å². The smallest absolute Gasteiger partial charge is 0.252 e. The Morgan fingerprint density at radius 2 is 1.60 bits per heavy atom. The normalized spacial score (nSPS) is 18.3. The van der Waals surface area contributed by atoms with Crippen LogP contribution in [0.25, 0.3) is 0 Å². The number of nitrogens with one attached hydrogen (secondary N) is 1. The van der Waals surface area contributed by atoms with Gasteiger partial charge in [-0.1, -0.05) is 18.2 Å². The summed E-state index contributed by atoms with van der Waals surface area (Å²) in [6.45, 7) is 3.85. The maximum absolute atomic E-state index is 13.4. The number of aryl methyl sites for hydroxylation is 1. The summed E-state index contributed by atoms with van der Waals surface area (Å²) < 4.78 is 32.9. The van der Waals surface area contributed by atoms with Crippen molar-refractivity contribution < 1.29 is 22.7 Å². The van der Waals surface area contributed by atoms with Crippen molar-refractivity contribution in [2.24, 2.45) is 5.92 Å². The quantitative estimate of drug-likeness (QED) is 0.632. The molecule has 9 heteroatoms. The molecule has 1 atom stereocenters. The number of benzene rings is 2. The van der Waals surface area contributed by atoms with Gasteiger partial charge in [0.15, 0.2) is 0 Å². The Hall–Kier alpha value is -2.91. The second-order valence-electron chi connectivity index (χ2n) is 9.22. The Balaban J connectivity index is 1.49. The van der Waals surface area contributed by atoms with E-state index in [0.717, 1.165) is 18.4 Å². The van der Waals surface area contributed by atoms with Crippen LogP contribution >= 0.6 is 0 Å². The molecule has 2 fully saturated rings. The van der Waals surface area contributed by atoms with Crippen molar-refractivity contribution in [1.82, 2.24) is 14.5 Å². The van der Waals surface area contributed by atoms with E-state index in [2.05, 4.69) is 5.32 Å². The van der Waals surface area contributed by atoms with Crippen molar-refractivity contribution in [1.29, 1.82) is 0 Å². The van der Waals surface area contributed by atoms with Crippen LogP contribution in [0.15, 0.2) is 53.4 Å². The minimum atomic E-state index is -3.65. The van der Waals surface area contributed by atoms with Gasteiger partial charge in [-0.2, -0.15) is 4.31 Å². The van der Waals surface area contributed by atoms with E-state index < -0.39 is 16.1 Å². The topological polar surface area (TPSA) is 96.0 Å². The highest BCUT2D eigenvalue weighted by Crippen LogP contribution is 2.28. The van der Waals surface area contributed by atoms with E-state index in [1.807, 2.05) is 30.0 Å². The average molecular weight is 500 g/mol. The predicted octanol–water partition coefficient (Wildman–Crippen LogP) is 2.83. The standard InChI is InChI=1S/C26H33N3O5S/c1-19-7-3-4-8-23(19)25(30)27-24(26(31)28-15-5-6-16-28)20-13-17-29(18-14-20)35(32,33)22-11-9-21(34-2)10-12-22/h3-4,7-12,20,24H,5-6,13-18H2,1-2H3,(H,27,30)/t24-/m0/s1. The minimum absolute atomic E-state index is 0.0686. The second kappa shape index (κ2) is 10.8. The van der Waals surface area contributed by atoms with Crippen LogP contribution in [0.1, 0.15) is 41.6 Å². The van der Waals surface area contributed by atoms with Gasteiger partial charge < -0.3 is 15.0 Å². The van der Waals surface area contributed by atoms with Crippen LogP contribution < -0.4 is 10.1 Å². The predicted molar refractivity (Wildman–Crippen MR) is 133 cm³/mol. The Bertz CT molecular complexity index is 1150. The molecule has 0 aromatic heterocycles. The van der Waals surface area contributed by atoms with Gasteiger partial charge in [0, 0.05) is 31.7 Å². The van der Waals surface area contributed by atoms with Crippen LogP contribution in [-0.2, 0) is 14.8 Å². The molecule has 2 aromatic carbocycles. The van der Waals surface area contributed by atoms with E-state index in [-0.39, 0.29) is 22.6 Å². The van der Waals surface area contributed by atoms with Gasteiger partial charge in [0.2, 0.25) is 15.9 Å².